The number of benzene rings is 1. The molecule has 1 aromatic carbocycles. The zero-order valence-corrected chi connectivity index (χ0v) is 14.4. The van der Waals surface area contributed by atoms with Gasteiger partial charge in [-0.25, -0.2) is 0 Å². The number of nitrogens with one attached hydrogen (secondary N) is 1. The lowest BCUT2D eigenvalue weighted by atomic mass is 9.46. The molecule has 0 amide bonds. The van der Waals surface area contributed by atoms with Crippen LogP contribution in [-0.2, 0) is 21.3 Å². The molecule has 1 aromatic rings. The lowest BCUT2D eigenvalue weighted by Gasteiger charge is -2.63. The summed E-state index contributed by atoms with van der Waals surface area (Å²) in [6, 6.07) is 6.55. The topological polar surface area (TPSA) is 38.3 Å². The van der Waals surface area contributed by atoms with Gasteiger partial charge in [-0.05, 0) is 43.0 Å². The standard InChI is InChI=1S/C17H22ClNO2S/c1-22(20)10-11-9-12(3-4-14(11)18)19-15-13-5-8-21-16(13)17(15)6-2-7-17/h3-4,9,13,15-16,19H,2,5-8,10H2,1H3/t13-,15-,16+,22+/m1/s1. The molecule has 4 atom stereocenters. The van der Waals surface area contributed by atoms with Crippen LogP contribution < -0.4 is 5.32 Å². The van der Waals surface area contributed by atoms with E-state index in [1.165, 1.54) is 25.7 Å². The first kappa shape index (κ1) is 15.0. The van der Waals surface area contributed by atoms with Gasteiger partial charge in [0, 0.05) is 57.5 Å². The van der Waals surface area contributed by atoms with Crippen LogP contribution in [0.1, 0.15) is 31.2 Å². The molecule has 0 unspecified atom stereocenters. The van der Waals surface area contributed by atoms with E-state index in [1.807, 2.05) is 12.1 Å². The van der Waals surface area contributed by atoms with E-state index in [1.54, 1.807) is 6.26 Å². The first-order chi connectivity index (χ1) is 10.6. The molecule has 2 aliphatic carbocycles. The van der Waals surface area contributed by atoms with Crippen molar-refractivity contribution in [2.75, 3.05) is 18.2 Å². The Bertz CT molecular complexity index is 617. The fourth-order valence-corrected chi connectivity index (χ4v) is 5.57. The van der Waals surface area contributed by atoms with Crippen molar-refractivity contribution in [1.82, 2.24) is 0 Å². The van der Waals surface area contributed by atoms with Crippen LogP contribution in [0.5, 0.6) is 0 Å². The van der Waals surface area contributed by atoms with Crippen molar-refractivity contribution in [1.29, 1.82) is 0 Å². The zero-order valence-electron chi connectivity index (χ0n) is 12.8. The first-order valence-electron chi connectivity index (χ1n) is 8.07. The molecule has 3 aliphatic rings. The molecule has 1 saturated heterocycles. The number of rotatable bonds is 4. The average molecular weight is 340 g/mol. The number of ether oxygens (including phenoxy) is 1. The van der Waals surface area contributed by atoms with Crippen LogP contribution in [0.25, 0.3) is 0 Å². The highest BCUT2D eigenvalue weighted by Crippen LogP contribution is 2.63. The molecule has 1 spiro atoms. The highest BCUT2D eigenvalue weighted by molar-refractivity contribution is 7.83. The maximum atomic E-state index is 11.5. The molecule has 0 aromatic heterocycles. The highest BCUT2D eigenvalue weighted by Gasteiger charge is 2.66. The summed E-state index contributed by atoms with van der Waals surface area (Å²) >= 11 is 6.23. The fraction of sp³-hybridized carbons (Fsp3) is 0.647. The molecule has 1 aliphatic heterocycles. The predicted octanol–water partition coefficient (Wildman–Crippen LogP) is 3.59. The lowest BCUT2D eigenvalue weighted by molar-refractivity contribution is -0.158. The summed E-state index contributed by atoms with van der Waals surface area (Å²) < 4.78 is 17.5. The molecular weight excluding hydrogens is 318 g/mol. The Morgan fingerprint density at radius 3 is 2.95 bits per heavy atom. The molecule has 1 heterocycles. The van der Waals surface area contributed by atoms with E-state index in [2.05, 4.69) is 11.4 Å². The molecule has 2 saturated carbocycles. The van der Waals surface area contributed by atoms with E-state index < -0.39 is 10.8 Å². The van der Waals surface area contributed by atoms with Gasteiger partial charge in [0.2, 0.25) is 0 Å². The van der Waals surface area contributed by atoms with Crippen LogP contribution >= 0.6 is 11.6 Å². The second-order valence-corrected chi connectivity index (χ2v) is 8.82. The van der Waals surface area contributed by atoms with Crippen molar-refractivity contribution in [3.63, 3.8) is 0 Å². The van der Waals surface area contributed by atoms with Crippen molar-refractivity contribution in [2.24, 2.45) is 11.3 Å². The Kier molecular flexibility index (Phi) is 3.74. The van der Waals surface area contributed by atoms with Crippen molar-refractivity contribution in [2.45, 2.75) is 43.6 Å². The van der Waals surface area contributed by atoms with Crippen LogP contribution in [0.3, 0.4) is 0 Å². The van der Waals surface area contributed by atoms with Crippen LogP contribution in [0.2, 0.25) is 5.02 Å². The Hall–Kier alpha value is -0.580. The SMILES string of the molecule is C[S@](=O)Cc1cc(N[C@@H]2[C@H]3CCO[C@@H]3C23CCC3)ccc1Cl. The smallest absolute Gasteiger partial charge is 0.0699 e. The second-order valence-electron chi connectivity index (χ2n) is 6.98. The Morgan fingerprint density at radius 1 is 1.45 bits per heavy atom. The van der Waals surface area contributed by atoms with E-state index in [-0.39, 0.29) is 0 Å². The van der Waals surface area contributed by atoms with E-state index in [0.29, 0.717) is 34.3 Å². The van der Waals surface area contributed by atoms with Gasteiger partial charge in [-0.3, -0.25) is 4.21 Å². The molecule has 0 radical (unpaired) electrons. The molecule has 1 N–H and O–H groups in total. The third kappa shape index (κ3) is 2.22. The van der Waals surface area contributed by atoms with Gasteiger partial charge in [0.05, 0.1) is 6.10 Å². The zero-order chi connectivity index (χ0) is 15.3. The minimum absolute atomic E-state index is 0.370. The largest absolute Gasteiger partial charge is 0.381 e. The number of hydrogen-bond donors (Lipinski definition) is 1. The molecule has 120 valence electrons. The van der Waals surface area contributed by atoms with Crippen LogP contribution in [0, 0.1) is 11.3 Å². The Morgan fingerprint density at radius 2 is 2.27 bits per heavy atom. The van der Waals surface area contributed by atoms with Crippen molar-refractivity contribution in [3.05, 3.63) is 28.8 Å². The van der Waals surface area contributed by atoms with Crippen molar-refractivity contribution in [3.8, 4) is 0 Å². The van der Waals surface area contributed by atoms with Gasteiger partial charge in [0.1, 0.15) is 0 Å². The minimum atomic E-state index is -0.878. The average Bonchev–Trinajstić information content (AvgIpc) is 2.82. The summed E-state index contributed by atoms with van der Waals surface area (Å²) in [5.74, 6) is 1.17. The lowest BCUT2D eigenvalue weighted by Crippen LogP contribution is -2.68. The monoisotopic (exact) mass is 339 g/mol. The van der Waals surface area contributed by atoms with E-state index in [4.69, 9.17) is 16.3 Å². The van der Waals surface area contributed by atoms with Crippen LogP contribution in [0.15, 0.2) is 18.2 Å². The van der Waals surface area contributed by atoms with E-state index in [0.717, 1.165) is 17.9 Å². The highest BCUT2D eigenvalue weighted by atomic mass is 35.5. The first-order valence-corrected chi connectivity index (χ1v) is 10.2. The molecule has 5 heteroatoms. The van der Waals surface area contributed by atoms with Gasteiger partial charge in [0.25, 0.3) is 0 Å². The third-order valence-electron chi connectivity index (χ3n) is 5.76. The van der Waals surface area contributed by atoms with Gasteiger partial charge in [-0.2, -0.15) is 0 Å². The van der Waals surface area contributed by atoms with E-state index >= 15 is 0 Å². The second kappa shape index (κ2) is 5.50. The normalized spacial score (nSPS) is 32.9. The summed E-state index contributed by atoms with van der Waals surface area (Å²) in [6.45, 7) is 0.913. The summed E-state index contributed by atoms with van der Waals surface area (Å²) in [7, 11) is -0.878. The van der Waals surface area contributed by atoms with Crippen molar-refractivity contribution < 1.29 is 8.95 Å². The Balaban J connectivity index is 1.54. The number of fused-ring (bicyclic) bond motifs is 2. The van der Waals surface area contributed by atoms with Gasteiger partial charge in [0.15, 0.2) is 0 Å². The summed E-state index contributed by atoms with van der Waals surface area (Å²) in [6.07, 6.45) is 7.26. The quantitative estimate of drug-likeness (QED) is 0.911. The third-order valence-corrected chi connectivity index (χ3v) is 6.85. The summed E-state index contributed by atoms with van der Waals surface area (Å²) in [4.78, 5) is 0. The van der Waals surface area contributed by atoms with Crippen LogP contribution in [-0.4, -0.2) is 29.2 Å². The molecule has 0 bridgehead atoms. The molecule has 3 nitrogen and oxygen atoms in total. The molecular formula is C17H22ClNO2S. The maximum absolute atomic E-state index is 11.5. The predicted molar refractivity (Wildman–Crippen MR) is 90.8 cm³/mol. The van der Waals surface area contributed by atoms with Gasteiger partial charge >= 0.3 is 0 Å². The maximum Gasteiger partial charge on any atom is 0.0699 e. The molecule has 22 heavy (non-hydrogen) atoms. The van der Waals surface area contributed by atoms with Gasteiger partial charge in [-0.15, -0.1) is 0 Å². The van der Waals surface area contributed by atoms with E-state index in [9.17, 15) is 4.21 Å². The number of hydrogen-bond acceptors (Lipinski definition) is 3. The molecule has 3 fully saturated rings. The molecule has 4 rings (SSSR count). The Labute approximate surface area is 139 Å². The van der Waals surface area contributed by atoms with Crippen LogP contribution in [0.4, 0.5) is 5.69 Å². The minimum Gasteiger partial charge on any atom is -0.381 e. The van der Waals surface area contributed by atoms with Gasteiger partial charge in [-0.1, -0.05) is 18.0 Å². The number of anilines is 1. The number of halogens is 1. The van der Waals surface area contributed by atoms with Crippen molar-refractivity contribution >= 4 is 28.1 Å². The summed E-state index contributed by atoms with van der Waals surface area (Å²) in [5.41, 5.74) is 2.44. The fourth-order valence-electron chi connectivity index (χ4n) is 4.63. The summed E-state index contributed by atoms with van der Waals surface area (Å²) in [5, 5.41) is 4.45. The van der Waals surface area contributed by atoms with Gasteiger partial charge < -0.3 is 10.1 Å².